The van der Waals surface area contributed by atoms with E-state index in [0.29, 0.717) is 17.6 Å². The molecule has 2 aliphatic carbocycles. The van der Waals surface area contributed by atoms with Crippen molar-refractivity contribution in [2.75, 3.05) is 0 Å². The Bertz CT molecular complexity index is 758. The molecule has 0 unspecified atom stereocenters. The van der Waals surface area contributed by atoms with Gasteiger partial charge in [0, 0.05) is 17.6 Å². The Morgan fingerprint density at radius 3 is 2.44 bits per heavy atom. The summed E-state index contributed by atoms with van der Waals surface area (Å²) in [7, 11) is 0. The number of esters is 4. The van der Waals surface area contributed by atoms with E-state index in [1.165, 1.54) is 0 Å². The van der Waals surface area contributed by atoms with Gasteiger partial charge < -0.3 is 9.47 Å². The zero-order valence-corrected chi connectivity index (χ0v) is 14.1. The Morgan fingerprint density at radius 2 is 1.64 bits per heavy atom. The Labute approximate surface area is 145 Å². The topological polar surface area (TPSA) is 86.7 Å². The van der Waals surface area contributed by atoms with E-state index in [1.807, 2.05) is 6.08 Å². The molecule has 0 bridgehead atoms. The standard InChI is InChI=1S/C19H20O6/c1-19-9-13-12(15(20)24-16(13)21)7-10-5-3-2-4-6-11(10)8-14(19)17(22)25-18(19)23/h8,10-11H,2-7,9H2,1H3/b14-8-/t10-,11-,19-/m1/s1. The van der Waals surface area contributed by atoms with E-state index in [1.54, 1.807) is 6.92 Å². The Balaban J connectivity index is 1.88. The van der Waals surface area contributed by atoms with Crippen molar-refractivity contribution in [1.82, 2.24) is 0 Å². The number of allylic oxidation sites excluding steroid dienone is 1. The second-order valence-electron chi connectivity index (χ2n) is 7.67. The zero-order valence-electron chi connectivity index (χ0n) is 14.1. The van der Waals surface area contributed by atoms with Crippen molar-refractivity contribution in [3.8, 4) is 0 Å². The number of cyclic esters (lactones) is 4. The Hall–Kier alpha value is -2.24. The SMILES string of the molecule is C[C@@]12CC3=C(C[C@H]4CCCCC[C@@H]4/C=C\1C(=O)OC2=O)C(=O)OC3=O. The van der Waals surface area contributed by atoms with Crippen LogP contribution in [-0.2, 0) is 28.7 Å². The molecule has 1 saturated carbocycles. The highest BCUT2D eigenvalue weighted by Crippen LogP contribution is 2.48. The van der Waals surface area contributed by atoms with Crippen LogP contribution in [0.15, 0.2) is 22.8 Å². The molecule has 1 saturated heterocycles. The van der Waals surface area contributed by atoms with Crippen molar-refractivity contribution in [1.29, 1.82) is 0 Å². The van der Waals surface area contributed by atoms with Crippen LogP contribution in [0.2, 0.25) is 0 Å². The summed E-state index contributed by atoms with van der Waals surface area (Å²) in [5, 5.41) is 0. The largest absolute Gasteiger partial charge is 0.389 e. The minimum atomic E-state index is -1.23. The molecule has 2 aliphatic heterocycles. The maximum atomic E-state index is 12.4. The average Bonchev–Trinajstić information content (AvgIpc) is 2.83. The number of carbonyl (C=O) groups is 4. The maximum Gasteiger partial charge on any atom is 0.342 e. The van der Waals surface area contributed by atoms with Crippen LogP contribution in [0.4, 0.5) is 0 Å². The van der Waals surface area contributed by atoms with Crippen molar-refractivity contribution < 1.29 is 28.7 Å². The second kappa shape index (κ2) is 5.64. The molecule has 0 aromatic carbocycles. The average molecular weight is 344 g/mol. The molecule has 0 spiro atoms. The highest BCUT2D eigenvalue weighted by atomic mass is 16.6. The lowest BCUT2D eigenvalue weighted by atomic mass is 9.76. The van der Waals surface area contributed by atoms with Crippen LogP contribution in [0.5, 0.6) is 0 Å². The summed E-state index contributed by atoms with van der Waals surface area (Å²) < 4.78 is 9.70. The van der Waals surface area contributed by atoms with Gasteiger partial charge in [-0.3, -0.25) is 4.79 Å². The van der Waals surface area contributed by atoms with Gasteiger partial charge >= 0.3 is 23.9 Å². The molecule has 2 heterocycles. The first-order valence-corrected chi connectivity index (χ1v) is 8.87. The molecule has 132 valence electrons. The van der Waals surface area contributed by atoms with Gasteiger partial charge in [0.15, 0.2) is 0 Å². The molecule has 0 amide bonds. The first-order valence-electron chi connectivity index (χ1n) is 8.87. The molecule has 4 aliphatic rings. The Kier molecular flexibility index (Phi) is 3.67. The van der Waals surface area contributed by atoms with Gasteiger partial charge in [0.25, 0.3) is 0 Å². The van der Waals surface area contributed by atoms with Gasteiger partial charge in [-0.1, -0.05) is 25.3 Å². The molecule has 25 heavy (non-hydrogen) atoms. The van der Waals surface area contributed by atoms with Gasteiger partial charge in [0.1, 0.15) is 5.41 Å². The zero-order chi connectivity index (χ0) is 17.8. The van der Waals surface area contributed by atoms with Crippen LogP contribution in [0, 0.1) is 17.3 Å². The predicted octanol–water partition coefficient (Wildman–Crippen LogP) is 2.37. The van der Waals surface area contributed by atoms with Crippen LogP contribution >= 0.6 is 0 Å². The summed E-state index contributed by atoms with van der Waals surface area (Å²) in [6.07, 6.45) is 7.35. The van der Waals surface area contributed by atoms with E-state index in [4.69, 9.17) is 9.47 Å². The van der Waals surface area contributed by atoms with Gasteiger partial charge in [-0.25, -0.2) is 14.4 Å². The molecule has 6 heteroatoms. The minimum Gasteiger partial charge on any atom is -0.389 e. The summed E-state index contributed by atoms with van der Waals surface area (Å²) in [6, 6.07) is 0. The van der Waals surface area contributed by atoms with E-state index < -0.39 is 29.3 Å². The second-order valence-corrected chi connectivity index (χ2v) is 7.67. The fourth-order valence-electron chi connectivity index (χ4n) is 4.56. The monoisotopic (exact) mass is 344 g/mol. The van der Waals surface area contributed by atoms with E-state index >= 15 is 0 Å². The molecular formula is C19H20O6. The van der Waals surface area contributed by atoms with Crippen molar-refractivity contribution in [2.24, 2.45) is 17.3 Å². The minimum absolute atomic E-state index is 0.0250. The number of fused-ring (bicyclic) bond motifs is 2. The molecule has 0 aromatic heterocycles. The fourth-order valence-corrected chi connectivity index (χ4v) is 4.56. The third-order valence-corrected chi connectivity index (χ3v) is 6.09. The summed E-state index contributed by atoms with van der Waals surface area (Å²) >= 11 is 0. The van der Waals surface area contributed by atoms with Crippen LogP contribution in [0.3, 0.4) is 0 Å². The molecule has 6 nitrogen and oxygen atoms in total. The van der Waals surface area contributed by atoms with E-state index in [2.05, 4.69) is 0 Å². The van der Waals surface area contributed by atoms with Crippen LogP contribution in [0.25, 0.3) is 0 Å². The van der Waals surface area contributed by atoms with Gasteiger partial charge in [-0.2, -0.15) is 0 Å². The number of rotatable bonds is 0. The lowest BCUT2D eigenvalue weighted by molar-refractivity contribution is -0.154. The first kappa shape index (κ1) is 16.2. The van der Waals surface area contributed by atoms with Crippen molar-refractivity contribution >= 4 is 23.9 Å². The first-order chi connectivity index (χ1) is 11.9. The molecule has 0 radical (unpaired) electrons. The lowest BCUT2D eigenvalue weighted by Crippen LogP contribution is -2.27. The highest BCUT2D eigenvalue weighted by Gasteiger charge is 2.53. The van der Waals surface area contributed by atoms with Gasteiger partial charge in [-0.05, 0) is 38.0 Å². The normalized spacial score (nSPS) is 37.6. The summed E-state index contributed by atoms with van der Waals surface area (Å²) in [5.74, 6) is -2.34. The molecule has 3 atom stereocenters. The number of hydrogen-bond donors (Lipinski definition) is 0. The molecule has 4 rings (SSSR count). The van der Waals surface area contributed by atoms with Gasteiger partial charge in [0.05, 0.1) is 5.57 Å². The third-order valence-electron chi connectivity index (χ3n) is 6.09. The van der Waals surface area contributed by atoms with E-state index in [9.17, 15) is 19.2 Å². The number of hydrogen-bond acceptors (Lipinski definition) is 6. The quantitative estimate of drug-likeness (QED) is 0.495. The van der Waals surface area contributed by atoms with E-state index in [-0.39, 0.29) is 23.8 Å². The molecule has 0 aromatic rings. The smallest absolute Gasteiger partial charge is 0.342 e. The highest BCUT2D eigenvalue weighted by molar-refractivity contribution is 6.14. The van der Waals surface area contributed by atoms with Crippen LogP contribution in [0.1, 0.15) is 51.9 Å². The summed E-state index contributed by atoms with van der Waals surface area (Å²) in [5.41, 5.74) is -0.294. The van der Waals surface area contributed by atoms with Crippen LogP contribution in [-0.4, -0.2) is 23.9 Å². The van der Waals surface area contributed by atoms with Gasteiger partial charge in [0.2, 0.25) is 0 Å². The number of carbonyl (C=O) groups excluding carboxylic acids is 4. The molecule has 2 fully saturated rings. The summed E-state index contributed by atoms with van der Waals surface area (Å²) in [4.78, 5) is 49.1. The molecular weight excluding hydrogens is 324 g/mol. The van der Waals surface area contributed by atoms with Crippen LogP contribution < -0.4 is 0 Å². The Morgan fingerprint density at radius 1 is 0.920 bits per heavy atom. The van der Waals surface area contributed by atoms with E-state index in [0.717, 1.165) is 32.1 Å². The lowest BCUT2D eigenvalue weighted by Gasteiger charge is -2.23. The molecule has 0 N–H and O–H groups in total. The fraction of sp³-hybridized carbons (Fsp3) is 0.579. The maximum absolute atomic E-state index is 12.4. The summed E-state index contributed by atoms with van der Waals surface area (Å²) in [6.45, 7) is 1.61. The number of ether oxygens (including phenoxy) is 2. The van der Waals surface area contributed by atoms with Crippen molar-refractivity contribution in [3.63, 3.8) is 0 Å². The third kappa shape index (κ3) is 2.46. The van der Waals surface area contributed by atoms with Gasteiger partial charge in [-0.15, -0.1) is 0 Å². The van der Waals surface area contributed by atoms with Crippen molar-refractivity contribution in [3.05, 3.63) is 22.8 Å². The van der Waals surface area contributed by atoms with Crippen molar-refractivity contribution in [2.45, 2.75) is 51.9 Å². The predicted molar refractivity (Wildman–Crippen MR) is 84.7 cm³/mol.